The summed E-state index contributed by atoms with van der Waals surface area (Å²) in [6.45, 7) is 2.30. The van der Waals surface area contributed by atoms with Crippen LogP contribution in [0.15, 0.2) is 18.2 Å². The summed E-state index contributed by atoms with van der Waals surface area (Å²) in [7, 11) is 1.53. The molecule has 0 spiro atoms. The van der Waals surface area contributed by atoms with Gasteiger partial charge in [0.05, 0.1) is 19.6 Å². The number of anilines is 1. The minimum absolute atomic E-state index is 0.0924. The minimum Gasteiger partial charge on any atom is -0.493 e. The molecular formula is C14H22N2O4. The zero-order valence-electron chi connectivity index (χ0n) is 11.9. The van der Waals surface area contributed by atoms with Crippen LogP contribution in [-0.2, 0) is 4.79 Å². The molecule has 1 amide bonds. The number of amides is 1. The van der Waals surface area contributed by atoms with Crippen LogP contribution >= 0.6 is 0 Å². The van der Waals surface area contributed by atoms with Gasteiger partial charge in [0.25, 0.3) is 0 Å². The van der Waals surface area contributed by atoms with E-state index < -0.39 is 0 Å². The molecule has 1 rings (SSSR count). The third kappa shape index (κ3) is 4.40. The number of nitrogens with one attached hydrogen (secondary N) is 1. The van der Waals surface area contributed by atoms with Crippen molar-refractivity contribution in [1.29, 1.82) is 0 Å². The van der Waals surface area contributed by atoms with Crippen molar-refractivity contribution in [1.82, 2.24) is 0 Å². The van der Waals surface area contributed by atoms with Crippen LogP contribution in [0.3, 0.4) is 0 Å². The molecule has 1 aromatic carbocycles. The molecule has 20 heavy (non-hydrogen) atoms. The fraction of sp³-hybridized carbons (Fsp3) is 0.500. The van der Waals surface area contributed by atoms with Gasteiger partial charge < -0.3 is 25.6 Å². The van der Waals surface area contributed by atoms with Crippen LogP contribution < -0.4 is 20.5 Å². The number of nitrogens with two attached hydrogens (primary N) is 1. The van der Waals surface area contributed by atoms with Crippen molar-refractivity contribution in [2.75, 3.05) is 32.2 Å². The normalized spacial score (nSPS) is 11.8. The Hall–Kier alpha value is -1.79. The standard InChI is InChI=1S/C14H22N2O4/c1-3-10(9-15)14(18)16-11-4-5-12(19-2)13(8-11)20-7-6-17/h4-5,8,10,17H,3,6-7,9,15H2,1-2H3,(H,16,18). The average molecular weight is 282 g/mol. The molecule has 0 fully saturated rings. The van der Waals surface area contributed by atoms with Gasteiger partial charge in [0, 0.05) is 18.3 Å². The van der Waals surface area contributed by atoms with E-state index in [2.05, 4.69) is 5.32 Å². The average Bonchev–Trinajstić information content (AvgIpc) is 2.46. The van der Waals surface area contributed by atoms with E-state index in [4.69, 9.17) is 20.3 Å². The van der Waals surface area contributed by atoms with Crippen molar-refractivity contribution >= 4 is 11.6 Å². The number of carbonyl (C=O) groups excluding carboxylic acids is 1. The number of benzene rings is 1. The molecule has 1 atom stereocenters. The second-order valence-corrected chi connectivity index (χ2v) is 4.27. The van der Waals surface area contributed by atoms with Crippen molar-refractivity contribution in [3.05, 3.63) is 18.2 Å². The summed E-state index contributed by atoms with van der Waals surface area (Å²) in [5.74, 6) is 0.689. The molecule has 0 saturated carbocycles. The van der Waals surface area contributed by atoms with Crippen molar-refractivity contribution < 1.29 is 19.4 Å². The summed E-state index contributed by atoms with van der Waals surface area (Å²) in [5.41, 5.74) is 6.15. The molecular weight excluding hydrogens is 260 g/mol. The third-order valence-corrected chi connectivity index (χ3v) is 2.93. The lowest BCUT2D eigenvalue weighted by molar-refractivity contribution is -0.119. The lowest BCUT2D eigenvalue weighted by atomic mass is 10.1. The van der Waals surface area contributed by atoms with Crippen LogP contribution in [-0.4, -0.2) is 37.9 Å². The second kappa shape index (κ2) is 8.39. The highest BCUT2D eigenvalue weighted by molar-refractivity contribution is 5.93. The smallest absolute Gasteiger partial charge is 0.228 e. The topological polar surface area (TPSA) is 93.8 Å². The lowest BCUT2D eigenvalue weighted by Crippen LogP contribution is -2.28. The number of ether oxygens (including phenoxy) is 2. The first-order valence-corrected chi connectivity index (χ1v) is 6.58. The first kappa shape index (κ1) is 16.3. The molecule has 1 aromatic rings. The Kier molecular flexibility index (Phi) is 6.83. The van der Waals surface area contributed by atoms with Gasteiger partial charge >= 0.3 is 0 Å². The van der Waals surface area contributed by atoms with E-state index in [-0.39, 0.29) is 25.0 Å². The quantitative estimate of drug-likeness (QED) is 0.661. The van der Waals surface area contributed by atoms with Crippen LogP contribution in [0.5, 0.6) is 11.5 Å². The first-order chi connectivity index (χ1) is 9.65. The van der Waals surface area contributed by atoms with Gasteiger partial charge in [0.15, 0.2) is 11.5 Å². The number of hydrogen-bond acceptors (Lipinski definition) is 5. The Morgan fingerprint density at radius 1 is 1.45 bits per heavy atom. The molecule has 112 valence electrons. The van der Waals surface area contributed by atoms with Crippen molar-refractivity contribution in [3.8, 4) is 11.5 Å². The van der Waals surface area contributed by atoms with E-state index in [1.54, 1.807) is 18.2 Å². The number of rotatable bonds is 8. The number of carbonyl (C=O) groups is 1. The Morgan fingerprint density at radius 3 is 2.75 bits per heavy atom. The Balaban J connectivity index is 2.82. The third-order valence-electron chi connectivity index (χ3n) is 2.93. The molecule has 0 aliphatic carbocycles. The molecule has 6 nitrogen and oxygen atoms in total. The SMILES string of the molecule is CCC(CN)C(=O)Nc1ccc(OC)c(OCCO)c1. The highest BCUT2D eigenvalue weighted by Crippen LogP contribution is 2.30. The van der Waals surface area contributed by atoms with Gasteiger partial charge in [-0.2, -0.15) is 0 Å². The van der Waals surface area contributed by atoms with Crippen molar-refractivity contribution in [2.45, 2.75) is 13.3 Å². The maximum atomic E-state index is 12.0. The Labute approximate surface area is 118 Å². The number of aliphatic hydroxyl groups is 1. The van der Waals surface area contributed by atoms with Crippen molar-refractivity contribution in [3.63, 3.8) is 0 Å². The maximum absolute atomic E-state index is 12.0. The largest absolute Gasteiger partial charge is 0.493 e. The molecule has 0 saturated heterocycles. The highest BCUT2D eigenvalue weighted by atomic mass is 16.5. The molecule has 0 aliphatic rings. The monoisotopic (exact) mass is 282 g/mol. The fourth-order valence-corrected chi connectivity index (χ4v) is 1.73. The van der Waals surface area contributed by atoms with Gasteiger partial charge in [-0.15, -0.1) is 0 Å². The molecule has 6 heteroatoms. The maximum Gasteiger partial charge on any atom is 0.228 e. The summed E-state index contributed by atoms with van der Waals surface area (Å²) >= 11 is 0. The fourth-order valence-electron chi connectivity index (χ4n) is 1.73. The summed E-state index contributed by atoms with van der Waals surface area (Å²) < 4.78 is 10.5. The molecule has 0 bridgehead atoms. The summed E-state index contributed by atoms with van der Waals surface area (Å²) in [6, 6.07) is 5.09. The van der Waals surface area contributed by atoms with Gasteiger partial charge in [-0.05, 0) is 18.6 Å². The van der Waals surface area contributed by atoms with Crippen LogP contribution in [0, 0.1) is 5.92 Å². The van der Waals surface area contributed by atoms with Gasteiger partial charge in [-0.25, -0.2) is 0 Å². The molecule has 0 aliphatic heterocycles. The molecule has 4 N–H and O–H groups in total. The Morgan fingerprint density at radius 2 is 2.20 bits per heavy atom. The van der Waals surface area contributed by atoms with E-state index in [1.165, 1.54) is 7.11 Å². The van der Waals surface area contributed by atoms with Crippen LogP contribution in [0.4, 0.5) is 5.69 Å². The second-order valence-electron chi connectivity index (χ2n) is 4.27. The lowest BCUT2D eigenvalue weighted by Gasteiger charge is -2.15. The summed E-state index contributed by atoms with van der Waals surface area (Å²) in [6.07, 6.45) is 0.687. The van der Waals surface area contributed by atoms with Crippen LogP contribution in [0.2, 0.25) is 0 Å². The molecule has 1 unspecified atom stereocenters. The zero-order valence-corrected chi connectivity index (χ0v) is 11.9. The van der Waals surface area contributed by atoms with E-state index in [9.17, 15) is 4.79 Å². The van der Waals surface area contributed by atoms with Gasteiger partial charge in [0.2, 0.25) is 5.91 Å². The van der Waals surface area contributed by atoms with Crippen LogP contribution in [0.25, 0.3) is 0 Å². The van der Waals surface area contributed by atoms with E-state index in [1.807, 2.05) is 6.92 Å². The number of aliphatic hydroxyl groups excluding tert-OH is 1. The molecule has 0 radical (unpaired) electrons. The highest BCUT2D eigenvalue weighted by Gasteiger charge is 2.15. The van der Waals surface area contributed by atoms with E-state index >= 15 is 0 Å². The minimum atomic E-state index is -0.209. The van der Waals surface area contributed by atoms with E-state index in [0.717, 1.165) is 0 Å². The van der Waals surface area contributed by atoms with Gasteiger partial charge in [0.1, 0.15) is 6.61 Å². The number of hydrogen-bond donors (Lipinski definition) is 3. The zero-order chi connectivity index (χ0) is 15.0. The van der Waals surface area contributed by atoms with Crippen LogP contribution in [0.1, 0.15) is 13.3 Å². The summed E-state index contributed by atoms with van der Waals surface area (Å²) in [4.78, 5) is 12.0. The van der Waals surface area contributed by atoms with Crippen molar-refractivity contribution in [2.24, 2.45) is 11.7 Å². The Bertz CT molecular complexity index is 433. The predicted molar refractivity (Wildman–Crippen MR) is 77.0 cm³/mol. The first-order valence-electron chi connectivity index (χ1n) is 6.58. The van der Waals surface area contributed by atoms with Gasteiger partial charge in [-0.3, -0.25) is 4.79 Å². The number of methoxy groups -OCH3 is 1. The van der Waals surface area contributed by atoms with E-state index in [0.29, 0.717) is 30.2 Å². The van der Waals surface area contributed by atoms with Gasteiger partial charge in [-0.1, -0.05) is 6.92 Å². The summed E-state index contributed by atoms with van der Waals surface area (Å²) in [5, 5.41) is 11.6. The molecule has 0 heterocycles. The molecule has 0 aromatic heterocycles. The predicted octanol–water partition coefficient (Wildman–Crippen LogP) is 0.990.